The third kappa shape index (κ3) is 7.33. The molecule has 0 radical (unpaired) electrons. The molecule has 7 rings (SSSR count). The van der Waals surface area contributed by atoms with Gasteiger partial charge in [0.2, 0.25) is 0 Å². The minimum absolute atomic E-state index is 0.00675. The fourth-order valence-electron chi connectivity index (χ4n) is 7.23. The molecule has 0 spiro atoms. The van der Waals surface area contributed by atoms with Crippen LogP contribution in [-0.2, 0) is 14.3 Å². The van der Waals surface area contributed by atoms with Crippen LogP contribution >= 0.6 is 11.3 Å². The van der Waals surface area contributed by atoms with Crippen molar-refractivity contribution in [2.75, 3.05) is 13.2 Å². The van der Waals surface area contributed by atoms with Gasteiger partial charge in [-0.2, -0.15) is 0 Å². The Morgan fingerprint density at radius 1 is 0.961 bits per heavy atom. The Morgan fingerprint density at radius 3 is 2.55 bits per heavy atom. The van der Waals surface area contributed by atoms with Gasteiger partial charge >= 0.3 is 5.97 Å². The van der Waals surface area contributed by atoms with Gasteiger partial charge < -0.3 is 18.9 Å². The predicted molar refractivity (Wildman–Crippen MR) is 207 cm³/mol. The largest absolute Gasteiger partial charge is 0.493 e. The van der Waals surface area contributed by atoms with Crippen LogP contribution in [-0.4, -0.2) is 35.9 Å². The monoisotopic (exact) mass is 701 g/mol. The van der Waals surface area contributed by atoms with Crippen LogP contribution in [0.25, 0.3) is 43.0 Å². The summed E-state index contributed by atoms with van der Waals surface area (Å²) in [5, 5.41) is 0.902. The summed E-state index contributed by atoms with van der Waals surface area (Å²) < 4.78 is 26.1. The second-order valence-electron chi connectivity index (χ2n) is 14.8. The molecule has 1 aromatic heterocycles. The van der Waals surface area contributed by atoms with Crippen molar-refractivity contribution in [3.63, 3.8) is 0 Å². The molecule has 6 bridgehead atoms. The number of ether oxygens (including phenoxy) is 4. The number of carbonyl (C=O) groups is 1. The normalized spacial score (nSPS) is 18.4. The zero-order valence-electron chi connectivity index (χ0n) is 30.7. The van der Waals surface area contributed by atoms with Crippen molar-refractivity contribution in [3.05, 3.63) is 101 Å². The van der Waals surface area contributed by atoms with Crippen molar-refractivity contribution < 1.29 is 23.7 Å². The predicted octanol–water partition coefficient (Wildman–Crippen LogP) is 11.3. The van der Waals surface area contributed by atoms with E-state index >= 15 is 0 Å². The first-order valence-corrected chi connectivity index (χ1v) is 18.9. The maximum absolute atomic E-state index is 13.8. The highest BCUT2D eigenvalue weighted by atomic mass is 32.1. The fourth-order valence-corrected chi connectivity index (χ4v) is 8.35. The van der Waals surface area contributed by atoms with E-state index in [-0.39, 0.29) is 12.7 Å². The number of hydrogen-bond donors (Lipinski definition) is 0. The molecule has 0 fully saturated rings. The Hall–Kier alpha value is -4.46. The Balaban J connectivity index is 1.50. The Labute approximate surface area is 305 Å². The van der Waals surface area contributed by atoms with Gasteiger partial charge in [-0.15, -0.1) is 11.3 Å². The molecule has 7 heteroatoms. The lowest BCUT2D eigenvalue weighted by atomic mass is 9.85. The lowest BCUT2D eigenvalue weighted by Crippen LogP contribution is -2.29. The summed E-state index contributed by atoms with van der Waals surface area (Å²) in [6.45, 7) is 15.0. The number of nitrogens with zero attached hydrogens (tertiary/aromatic N) is 1. The average molecular weight is 702 g/mol. The molecule has 51 heavy (non-hydrogen) atoms. The number of aryl methyl sites for hydroxylation is 2. The van der Waals surface area contributed by atoms with Crippen LogP contribution in [0.2, 0.25) is 0 Å². The van der Waals surface area contributed by atoms with Gasteiger partial charge in [0, 0.05) is 28.7 Å². The number of hydrogen-bond acceptors (Lipinski definition) is 7. The molecular weight excluding hydrogens is 655 g/mol. The Morgan fingerprint density at radius 2 is 1.75 bits per heavy atom. The molecular formula is C44H47NO5S. The smallest absolute Gasteiger partial charge is 0.339 e. The van der Waals surface area contributed by atoms with Gasteiger partial charge in [-0.05, 0) is 126 Å². The molecule has 0 amide bonds. The van der Waals surface area contributed by atoms with Gasteiger partial charge in [-0.3, -0.25) is 0 Å². The summed E-state index contributed by atoms with van der Waals surface area (Å²) in [4.78, 5) is 19.1. The highest BCUT2D eigenvalue weighted by Gasteiger charge is 2.34. The summed E-state index contributed by atoms with van der Waals surface area (Å²) in [7, 11) is 0. The lowest BCUT2D eigenvalue weighted by Gasteiger charge is -2.30. The average Bonchev–Trinajstić information content (AvgIpc) is 3.52. The van der Waals surface area contributed by atoms with Crippen molar-refractivity contribution in [1.82, 2.24) is 4.98 Å². The topological polar surface area (TPSA) is 66.9 Å². The van der Waals surface area contributed by atoms with Gasteiger partial charge in [0.25, 0.3) is 0 Å². The van der Waals surface area contributed by atoms with E-state index in [2.05, 4.69) is 92.7 Å². The minimum atomic E-state index is -0.924. The van der Waals surface area contributed by atoms with Crippen molar-refractivity contribution >= 4 is 27.5 Å². The van der Waals surface area contributed by atoms with E-state index in [0.717, 1.165) is 84.9 Å². The van der Waals surface area contributed by atoms with Crippen molar-refractivity contribution in [1.29, 1.82) is 0 Å². The molecule has 0 aliphatic carbocycles. The number of esters is 1. The van der Waals surface area contributed by atoms with Crippen LogP contribution in [0, 0.1) is 13.8 Å². The van der Waals surface area contributed by atoms with E-state index in [0.29, 0.717) is 12.5 Å². The first kappa shape index (κ1) is 35.0. The minimum Gasteiger partial charge on any atom is -0.493 e. The number of thiazole rings is 1. The van der Waals surface area contributed by atoms with Crippen LogP contribution in [0.15, 0.2) is 78.9 Å². The van der Waals surface area contributed by atoms with Crippen LogP contribution in [0.3, 0.4) is 0 Å². The number of aromatic nitrogens is 1. The fraction of sp³-hybridized carbons (Fsp3) is 0.364. The molecule has 264 valence electrons. The van der Waals surface area contributed by atoms with E-state index in [9.17, 15) is 4.79 Å². The molecule has 0 unspecified atom stereocenters. The molecule has 0 N–H and O–H groups in total. The first-order valence-electron chi connectivity index (χ1n) is 18.1. The lowest BCUT2D eigenvalue weighted by molar-refractivity contribution is -0.166. The first-order chi connectivity index (χ1) is 24.5. The van der Waals surface area contributed by atoms with E-state index < -0.39 is 17.7 Å². The van der Waals surface area contributed by atoms with Gasteiger partial charge in [0.15, 0.2) is 6.10 Å². The molecule has 3 atom stereocenters. The van der Waals surface area contributed by atoms with Gasteiger partial charge in [-0.25, -0.2) is 9.78 Å². The number of allylic oxidation sites excluding steroid dienone is 1. The van der Waals surface area contributed by atoms with E-state index in [1.54, 1.807) is 11.3 Å². The second-order valence-corrected chi connectivity index (χ2v) is 15.7. The summed E-state index contributed by atoms with van der Waals surface area (Å²) >= 11 is 1.64. The molecule has 3 heterocycles. The third-order valence-corrected chi connectivity index (χ3v) is 10.7. The van der Waals surface area contributed by atoms with E-state index in [1.807, 2.05) is 34.6 Å². The zero-order chi connectivity index (χ0) is 35.9. The van der Waals surface area contributed by atoms with E-state index in [4.69, 9.17) is 23.9 Å². The number of benzene rings is 4. The van der Waals surface area contributed by atoms with E-state index in [1.165, 1.54) is 11.1 Å². The second kappa shape index (κ2) is 14.3. The highest BCUT2D eigenvalue weighted by molar-refractivity contribution is 7.22. The van der Waals surface area contributed by atoms with Gasteiger partial charge in [-0.1, -0.05) is 48.0 Å². The molecule has 0 saturated heterocycles. The maximum Gasteiger partial charge on any atom is 0.339 e. The van der Waals surface area contributed by atoms with Crippen LogP contribution in [0.5, 0.6) is 11.5 Å². The van der Waals surface area contributed by atoms with Gasteiger partial charge in [0.05, 0.1) is 35.1 Å². The SMILES string of the molecule is CCOC(=O)[C@@H](OC(C)(C)C)c1c(C)cc2nc3sc2c1-c1ccc2c(c1)[C@H](C/C=C\C[C@H](C)Oc1ccc(C)cc1-c1cccc-3c1)CCO2. The molecule has 4 aromatic carbocycles. The Kier molecular flexibility index (Phi) is 9.79. The highest BCUT2D eigenvalue weighted by Crippen LogP contribution is 2.47. The number of carbonyl (C=O) groups excluding carboxylic acids is 1. The third-order valence-electron chi connectivity index (χ3n) is 9.56. The van der Waals surface area contributed by atoms with Crippen molar-refractivity contribution in [2.45, 2.75) is 91.5 Å². The van der Waals surface area contributed by atoms with Crippen LogP contribution in [0.1, 0.15) is 88.2 Å². The van der Waals surface area contributed by atoms with Crippen LogP contribution in [0.4, 0.5) is 0 Å². The zero-order valence-corrected chi connectivity index (χ0v) is 31.5. The van der Waals surface area contributed by atoms with Crippen molar-refractivity contribution in [3.8, 4) is 44.3 Å². The molecule has 5 aromatic rings. The summed E-state index contributed by atoms with van der Waals surface area (Å²) in [5.41, 5.74) is 9.50. The standard InChI is InChI=1S/C44H47NO5S/c1-8-47-43(46)40(50-44(5,6)7)38-27(3)23-35-41-39(38)31-17-19-36-34(25-31)29(20-21-48-36)13-10-9-12-28(4)49-37-18-16-26(2)22-33(37)30-14-11-15-32(24-30)42(45-35)51-41/h9-11,14-19,22-25,28-29,40H,8,12-13,20-21H2,1-7H3/b10-9-/t28-,29+,40-/m0/s1. The van der Waals surface area contributed by atoms with Gasteiger partial charge in [0.1, 0.15) is 16.5 Å². The van der Waals surface area contributed by atoms with Crippen molar-refractivity contribution in [2.24, 2.45) is 0 Å². The Bertz CT molecular complexity index is 2120. The summed E-state index contributed by atoms with van der Waals surface area (Å²) in [6.07, 6.45) is 6.25. The molecule has 2 aliphatic rings. The quantitative estimate of drug-likeness (QED) is 0.137. The molecule has 0 saturated carbocycles. The molecule has 2 aliphatic heterocycles. The number of rotatable bonds is 4. The van der Waals surface area contributed by atoms with Crippen LogP contribution < -0.4 is 9.47 Å². The maximum atomic E-state index is 13.8. The molecule has 6 nitrogen and oxygen atoms in total. The number of fused-ring (bicyclic) bond motifs is 8. The summed E-state index contributed by atoms with van der Waals surface area (Å²) in [6, 6.07) is 23.5. The summed E-state index contributed by atoms with van der Waals surface area (Å²) in [5.74, 6) is 1.69.